The molecule has 0 aliphatic heterocycles. The molecule has 0 saturated carbocycles. The highest BCUT2D eigenvalue weighted by molar-refractivity contribution is 6.32. The number of nitrogens with zero attached hydrogens (tertiary/aromatic N) is 3. The predicted molar refractivity (Wildman–Crippen MR) is 115 cm³/mol. The number of hydrogen-bond donors (Lipinski definition) is 2. The molecule has 0 saturated heterocycles. The van der Waals surface area contributed by atoms with Gasteiger partial charge < -0.3 is 10.1 Å². The molecule has 2 amide bonds. The minimum absolute atomic E-state index is 0.270. The van der Waals surface area contributed by atoms with E-state index in [-0.39, 0.29) is 6.61 Å². The summed E-state index contributed by atoms with van der Waals surface area (Å²) in [6.45, 7) is 6.15. The van der Waals surface area contributed by atoms with E-state index < -0.39 is 6.03 Å². The molecule has 7 nitrogen and oxygen atoms in total. The first-order chi connectivity index (χ1) is 13.8. The quantitative estimate of drug-likeness (QED) is 0.369. The van der Waals surface area contributed by atoms with Crippen LogP contribution in [0.15, 0.2) is 42.5 Å². The topological polar surface area (TPSA) is 85.4 Å². The second-order valence-electron chi connectivity index (χ2n) is 6.88. The van der Waals surface area contributed by atoms with Gasteiger partial charge in [-0.3, -0.25) is 5.01 Å². The third kappa shape index (κ3) is 4.70. The zero-order valence-electron chi connectivity index (χ0n) is 16.9. The van der Waals surface area contributed by atoms with E-state index in [2.05, 4.69) is 10.4 Å². The molecular formula is C21H24ClN5O2. The zero-order valence-corrected chi connectivity index (χ0v) is 17.6. The molecule has 0 unspecified atom stereocenters. The maximum Gasteiger partial charge on any atom is 0.335 e. The molecule has 0 aliphatic rings. The molecule has 0 atom stereocenters. The van der Waals surface area contributed by atoms with Crippen LogP contribution in [0.25, 0.3) is 5.69 Å². The van der Waals surface area contributed by atoms with Gasteiger partial charge in [0.2, 0.25) is 0 Å². The summed E-state index contributed by atoms with van der Waals surface area (Å²) in [5.41, 5.74) is 5.23. The van der Waals surface area contributed by atoms with Gasteiger partial charge in [-0.25, -0.2) is 15.3 Å². The van der Waals surface area contributed by atoms with E-state index in [9.17, 15) is 4.79 Å². The third-order valence-electron chi connectivity index (χ3n) is 4.51. The van der Waals surface area contributed by atoms with Gasteiger partial charge in [-0.1, -0.05) is 23.7 Å². The number of carbonyl (C=O) groups is 1. The summed E-state index contributed by atoms with van der Waals surface area (Å²) in [6, 6.07) is 12.7. The Morgan fingerprint density at radius 1 is 1.24 bits per heavy atom. The number of ether oxygens (including phenoxy) is 1. The number of hydrazine groups is 1. The van der Waals surface area contributed by atoms with Crippen molar-refractivity contribution in [3.05, 3.63) is 70.0 Å². The number of rotatable bonds is 5. The summed E-state index contributed by atoms with van der Waals surface area (Å²) in [4.78, 5) is 11.9. The van der Waals surface area contributed by atoms with Crippen molar-refractivity contribution in [2.75, 3.05) is 12.4 Å². The summed E-state index contributed by atoms with van der Waals surface area (Å²) in [5, 5.41) is 8.78. The molecule has 0 fully saturated rings. The van der Waals surface area contributed by atoms with E-state index in [0.29, 0.717) is 16.5 Å². The van der Waals surface area contributed by atoms with E-state index >= 15 is 0 Å². The molecule has 2 aromatic carbocycles. The van der Waals surface area contributed by atoms with Crippen LogP contribution >= 0.6 is 11.6 Å². The summed E-state index contributed by atoms with van der Waals surface area (Å²) >= 11 is 6.48. The molecule has 1 heterocycles. The van der Waals surface area contributed by atoms with Gasteiger partial charge in [0.1, 0.15) is 12.4 Å². The number of nitrogens with two attached hydrogens (primary N) is 1. The number of nitrogens with one attached hydrogen (secondary N) is 1. The lowest BCUT2D eigenvalue weighted by Crippen LogP contribution is -2.37. The number of aromatic nitrogens is 2. The maximum atomic E-state index is 11.9. The van der Waals surface area contributed by atoms with Crippen molar-refractivity contribution >= 4 is 23.3 Å². The fraction of sp³-hybridized carbons (Fsp3) is 0.238. The number of hydrogen-bond acceptors (Lipinski definition) is 4. The van der Waals surface area contributed by atoms with Crippen LogP contribution in [0.5, 0.6) is 5.75 Å². The summed E-state index contributed by atoms with van der Waals surface area (Å²) in [7, 11) is 1.48. The highest BCUT2D eigenvalue weighted by Gasteiger charge is 2.13. The number of carbonyl (C=O) groups excluding carboxylic acids is 1. The molecule has 29 heavy (non-hydrogen) atoms. The van der Waals surface area contributed by atoms with E-state index in [0.717, 1.165) is 33.2 Å². The Kier molecular flexibility index (Phi) is 6.10. The van der Waals surface area contributed by atoms with Gasteiger partial charge in [-0.05, 0) is 50.6 Å². The number of benzene rings is 2. The van der Waals surface area contributed by atoms with E-state index in [4.69, 9.17) is 22.2 Å². The average molecular weight is 414 g/mol. The lowest BCUT2D eigenvalue weighted by molar-refractivity contribution is 0.223. The SMILES string of the molecule is Cc1cc(C)n(-c2ccc(OCc3c(C)cccc3NC(=O)N(C)N)cc2Cl)n1. The molecular weight excluding hydrogens is 390 g/mol. The molecule has 0 aliphatic carbocycles. The van der Waals surface area contributed by atoms with E-state index in [1.807, 2.05) is 57.2 Å². The van der Waals surface area contributed by atoms with Gasteiger partial charge in [-0.15, -0.1) is 0 Å². The van der Waals surface area contributed by atoms with Crippen LogP contribution in [-0.4, -0.2) is 27.9 Å². The normalized spacial score (nSPS) is 10.7. The van der Waals surface area contributed by atoms with Crippen molar-refractivity contribution in [1.82, 2.24) is 14.8 Å². The van der Waals surface area contributed by atoms with Crippen LogP contribution in [0.2, 0.25) is 5.02 Å². The van der Waals surface area contributed by atoms with Crippen molar-refractivity contribution in [3.8, 4) is 11.4 Å². The van der Waals surface area contributed by atoms with Gasteiger partial charge in [0.25, 0.3) is 0 Å². The smallest absolute Gasteiger partial charge is 0.335 e. The highest BCUT2D eigenvalue weighted by atomic mass is 35.5. The Hall–Kier alpha value is -3.03. The fourth-order valence-electron chi connectivity index (χ4n) is 2.99. The molecule has 3 aromatic rings. The molecule has 0 spiro atoms. The Bertz CT molecular complexity index is 1050. The largest absolute Gasteiger partial charge is 0.489 e. The maximum absolute atomic E-state index is 11.9. The van der Waals surface area contributed by atoms with Crippen molar-refractivity contribution in [2.24, 2.45) is 5.84 Å². The summed E-state index contributed by atoms with van der Waals surface area (Å²) in [5.74, 6) is 6.12. The van der Waals surface area contributed by atoms with Gasteiger partial charge in [0, 0.05) is 30.1 Å². The number of halogens is 1. The first-order valence-corrected chi connectivity index (χ1v) is 9.48. The lowest BCUT2D eigenvalue weighted by atomic mass is 10.1. The zero-order chi connectivity index (χ0) is 21.1. The van der Waals surface area contributed by atoms with Crippen molar-refractivity contribution < 1.29 is 9.53 Å². The fourth-order valence-corrected chi connectivity index (χ4v) is 3.24. The Morgan fingerprint density at radius 3 is 2.62 bits per heavy atom. The Morgan fingerprint density at radius 2 is 2.00 bits per heavy atom. The summed E-state index contributed by atoms with van der Waals surface area (Å²) in [6.07, 6.45) is 0. The molecule has 3 rings (SSSR count). The van der Waals surface area contributed by atoms with E-state index in [1.54, 1.807) is 10.7 Å². The monoisotopic (exact) mass is 413 g/mol. The lowest BCUT2D eigenvalue weighted by Gasteiger charge is -2.17. The molecule has 0 bridgehead atoms. The van der Waals surface area contributed by atoms with Crippen LogP contribution in [-0.2, 0) is 6.61 Å². The molecule has 0 radical (unpaired) electrons. The second-order valence-corrected chi connectivity index (χ2v) is 7.29. The molecule has 8 heteroatoms. The number of anilines is 1. The van der Waals surface area contributed by atoms with Crippen molar-refractivity contribution in [2.45, 2.75) is 27.4 Å². The first kappa shape index (κ1) is 20.7. The van der Waals surface area contributed by atoms with Crippen molar-refractivity contribution in [3.63, 3.8) is 0 Å². The number of amides is 2. The van der Waals surface area contributed by atoms with Crippen LogP contribution in [0, 0.1) is 20.8 Å². The highest BCUT2D eigenvalue weighted by Crippen LogP contribution is 2.28. The van der Waals surface area contributed by atoms with Crippen molar-refractivity contribution in [1.29, 1.82) is 0 Å². The van der Waals surface area contributed by atoms with Gasteiger partial charge in [-0.2, -0.15) is 5.10 Å². The van der Waals surface area contributed by atoms with Crippen LogP contribution in [0.3, 0.4) is 0 Å². The number of aryl methyl sites for hydroxylation is 3. The molecule has 152 valence electrons. The van der Waals surface area contributed by atoms with E-state index in [1.165, 1.54) is 7.05 Å². The average Bonchev–Trinajstić information content (AvgIpc) is 2.99. The van der Waals surface area contributed by atoms with Gasteiger partial charge >= 0.3 is 6.03 Å². The Labute approximate surface area is 175 Å². The minimum Gasteiger partial charge on any atom is -0.489 e. The van der Waals surface area contributed by atoms with Gasteiger partial charge in [0.05, 0.1) is 16.4 Å². The van der Waals surface area contributed by atoms with Crippen LogP contribution in [0.1, 0.15) is 22.5 Å². The summed E-state index contributed by atoms with van der Waals surface area (Å²) < 4.78 is 7.76. The minimum atomic E-state index is -0.408. The predicted octanol–water partition coefficient (Wildman–Crippen LogP) is 4.37. The Balaban J connectivity index is 1.79. The third-order valence-corrected chi connectivity index (χ3v) is 4.82. The van der Waals surface area contributed by atoms with Crippen LogP contribution in [0.4, 0.5) is 10.5 Å². The first-order valence-electron chi connectivity index (χ1n) is 9.10. The number of urea groups is 1. The molecule has 1 aromatic heterocycles. The standard InChI is InChI=1S/C21H24ClN5O2/c1-13-6-5-7-19(24-21(28)26(4)23)17(13)12-29-16-8-9-20(18(22)11-16)27-15(3)10-14(2)25-27/h5-11H,12,23H2,1-4H3,(H,24,28). The van der Waals surface area contributed by atoms with Gasteiger partial charge in [0.15, 0.2) is 0 Å². The van der Waals surface area contributed by atoms with Crippen LogP contribution < -0.4 is 15.9 Å². The second kappa shape index (κ2) is 8.55. The molecule has 3 N–H and O–H groups in total.